The van der Waals surface area contributed by atoms with Crippen molar-refractivity contribution < 1.29 is 14.3 Å². The molecule has 1 atom stereocenters. The van der Waals surface area contributed by atoms with Crippen molar-refractivity contribution in [3.63, 3.8) is 0 Å². The summed E-state index contributed by atoms with van der Waals surface area (Å²) in [7, 11) is 1.56. The molecule has 22 heavy (non-hydrogen) atoms. The van der Waals surface area contributed by atoms with E-state index in [-0.39, 0.29) is 17.5 Å². The lowest BCUT2D eigenvalue weighted by Crippen LogP contribution is -2.32. The summed E-state index contributed by atoms with van der Waals surface area (Å²) < 4.78 is 10.7. The number of hydrogen-bond donors (Lipinski definition) is 1. The highest BCUT2D eigenvalue weighted by molar-refractivity contribution is 6.01. The Kier molecular flexibility index (Phi) is 6.97. The van der Waals surface area contributed by atoms with Crippen molar-refractivity contribution in [1.29, 1.82) is 5.26 Å². The molecule has 118 valence electrons. The van der Waals surface area contributed by atoms with E-state index in [0.29, 0.717) is 23.7 Å². The van der Waals surface area contributed by atoms with Gasteiger partial charge in [0.2, 0.25) is 0 Å². The highest BCUT2D eigenvalue weighted by Gasteiger charge is 2.12. The number of carbonyl (C=O) groups is 1. The maximum atomic E-state index is 12.0. The van der Waals surface area contributed by atoms with E-state index < -0.39 is 0 Å². The van der Waals surface area contributed by atoms with Crippen molar-refractivity contribution >= 4 is 12.0 Å². The maximum Gasteiger partial charge on any atom is 0.262 e. The van der Waals surface area contributed by atoms with E-state index in [2.05, 4.69) is 5.32 Å². The second-order valence-corrected chi connectivity index (χ2v) is 4.80. The van der Waals surface area contributed by atoms with Gasteiger partial charge in [-0.2, -0.15) is 5.26 Å². The number of nitrogens with zero attached hydrogens (tertiary/aromatic N) is 1. The van der Waals surface area contributed by atoms with Crippen LogP contribution in [0.15, 0.2) is 23.8 Å². The minimum Gasteiger partial charge on any atom is -0.493 e. The van der Waals surface area contributed by atoms with Gasteiger partial charge in [-0.15, -0.1) is 0 Å². The smallest absolute Gasteiger partial charge is 0.262 e. The number of benzene rings is 1. The molecule has 0 spiro atoms. The fourth-order valence-electron chi connectivity index (χ4n) is 1.77. The van der Waals surface area contributed by atoms with Gasteiger partial charge in [0.1, 0.15) is 11.6 Å². The third-order valence-electron chi connectivity index (χ3n) is 3.15. The van der Waals surface area contributed by atoms with Gasteiger partial charge < -0.3 is 14.8 Å². The van der Waals surface area contributed by atoms with Crippen LogP contribution in [0, 0.1) is 11.3 Å². The first-order chi connectivity index (χ1) is 10.5. The van der Waals surface area contributed by atoms with Gasteiger partial charge in [-0.3, -0.25) is 4.79 Å². The Bertz CT molecular complexity index is 588. The molecule has 0 aliphatic rings. The normalized spacial score (nSPS) is 12.2. The topological polar surface area (TPSA) is 71.3 Å². The summed E-state index contributed by atoms with van der Waals surface area (Å²) in [4.78, 5) is 12.0. The predicted octanol–water partition coefficient (Wildman–Crippen LogP) is 2.92. The molecule has 0 fully saturated rings. The number of hydrogen-bond acceptors (Lipinski definition) is 4. The van der Waals surface area contributed by atoms with E-state index in [1.165, 1.54) is 0 Å². The Labute approximate surface area is 131 Å². The predicted molar refractivity (Wildman–Crippen MR) is 85.6 cm³/mol. The van der Waals surface area contributed by atoms with E-state index >= 15 is 0 Å². The zero-order chi connectivity index (χ0) is 16.5. The Hall–Kier alpha value is -2.48. The number of methoxy groups -OCH3 is 1. The van der Waals surface area contributed by atoms with E-state index in [4.69, 9.17) is 9.47 Å². The molecule has 0 saturated heterocycles. The van der Waals surface area contributed by atoms with Crippen LogP contribution >= 0.6 is 0 Å². The van der Waals surface area contributed by atoms with Crippen LogP contribution in [0.5, 0.6) is 11.5 Å². The molecular formula is C17H22N2O3. The third-order valence-corrected chi connectivity index (χ3v) is 3.15. The zero-order valence-electron chi connectivity index (χ0n) is 13.5. The van der Waals surface area contributed by atoms with Gasteiger partial charge in [-0.25, -0.2) is 0 Å². The summed E-state index contributed by atoms with van der Waals surface area (Å²) in [6, 6.07) is 7.23. The molecule has 1 N–H and O–H groups in total. The molecule has 0 bridgehead atoms. The first kappa shape index (κ1) is 17.6. The maximum absolute atomic E-state index is 12.0. The highest BCUT2D eigenvalue weighted by atomic mass is 16.5. The summed E-state index contributed by atoms with van der Waals surface area (Å²) >= 11 is 0. The third kappa shape index (κ3) is 4.81. The van der Waals surface area contributed by atoms with Crippen molar-refractivity contribution in [1.82, 2.24) is 5.32 Å². The summed E-state index contributed by atoms with van der Waals surface area (Å²) in [6.45, 7) is 6.25. The Morgan fingerprint density at radius 2 is 2.14 bits per heavy atom. The fourth-order valence-corrected chi connectivity index (χ4v) is 1.77. The number of amides is 1. The van der Waals surface area contributed by atoms with E-state index in [9.17, 15) is 10.1 Å². The second kappa shape index (κ2) is 8.73. The number of ether oxygens (including phenoxy) is 2. The average molecular weight is 302 g/mol. The van der Waals surface area contributed by atoms with Crippen LogP contribution < -0.4 is 14.8 Å². The molecule has 1 aromatic rings. The second-order valence-electron chi connectivity index (χ2n) is 4.80. The van der Waals surface area contributed by atoms with Crippen molar-refractivity contribution in [2.75, 3.05) is 13.7 Å². The molecule has 0 unspecified atom stereocenters. The number of nitriles is 1. The molecule has 5 nitrogen and oxygen atoms in total. The lowest BCUT2D eigenvalue weighted by Gasteiger charge is -2.11. The molecule has 1 aromatic carbocycles. The first-order valence-electron chi connectivity index (χ1n) is 7.29. The number of nitrogens with one attached hydrogen (secondary N) is 1. The standard InChI is InChI=1S/C17H22N2O3/c1-5-12(3)19-17(20)14(11-18)9-13-7-8-15(21-4)16(10-13)22-6-2/h7-10,12H,5-6H2,1-4H3,(H,19,20)/b14-9+/t12-/m0/s1. The van der Waals surface area contributed by atoms with Crippen molar-refractivity contribution in [3.05, 3.63) is 29.3 Å². The Morgan fingerprint density at radius 1 is 1.41 bits per heavy atom. The molecule has 5 heteroatoms. The van der Waals surface area contributed by atoms with Crippen molar-refractivity contribution in [2.45, 2.75) is 33.2 Å². The molecular weight excluding hydrogens is 280 g/mol. The molecule has 0 aliphatic heterocycles. The van der Waals surface area contributed by atoms with Crippen LogP contribution in [0.3, 0.4) is 0 Å². The lowest BCUT2D eigenvalue weighted by molar-refractivity contribution is -0.117. The van der Waals surface area contributed by atoms with Gasteiger partial charge in [0.25, 0.3) is 5.91 Å². The van der Waals surface area contributed by atoms with Crippen LogP contribution in [0.1, 0.15) is 32.8 Å². The largest absolute Gasteiger partial charge is 0.493 e. The van der Waals surface area contributed by atoms with Gasteiger partial charge in [-0.1, -0.05) is 13.0 Å². The minimum absolute atomic E-state index is 0.0269. The SMILES string of the molecule is CCOc1cc(/C=C(\C#N)C(=O)N[C@@H](C)CC)ccc1OC. The number of rotatable bonds is 7. The molecule has 1 amide bonds. The summed E-state index contributed by atoms with van der Waals surface area (Å²) in [6.07, 6.45) is 2.35. The molecule has 0 saturated carbocycles. The summed E-state index contributed by atoms with van der Waals surface area (Å²) in [5.74, 6) is 0.825. The van der Waals surface area contributed by atoms with Gasteiger partial charge in [0, 0.05) is 6.04 Å². The van der Waals surface area contributed by atoms with Gasteiger partial charge >= 0.3 is 0 Å². The van der Waals surface area contributed by atoms with Crippen LogP contribution in [0.2, 0.25) is 0 Å². The van der Waals surface area contributed by atoms with Gasteiger partial charge in [0.05, 0.1) is 13.7 Å². The quantitative estimate of drug-likeness (QED) is 0.621. The van der Waals surface area contributed by atoms with Gasteiger partial charge in [0.15, 0.2) is 11.5 Å². The van der Waals surface area contributed by atoms with Crippen LogP contribution in [-0.4, -0.2) is 25.7 Å². The van der Waals surface area contributed by atoms with E-state index in [1.54, 1.807) is 31.4 Å². The Morgan fingerprint density at radius 3 is 2.68 bits per heavy atom. The Balaban J connectivity index is 3.05. The lowest BCUT2D eigenvalue weighted by atomic mass is 10.1. The van der Waals surface area contributed by atoms with Crippen molar-refractivity contribution in [3.8, 4) is 17.6 Å². The zero-order valence-corrected chi connectivity index (χ0v) is 13.5. The van der Waals surface area contributed by atoms with Gasteiger partial charge in [-0.05, 0) is 44.0 Å². The van der Waals surface area contributed by atoms with Crippen molar-refractivity contribution in [2.24, 2.45) is 0 Å². The van der Waals surface area contributed by atoms with Crippen LogP contribution in [0.25, 0.3) is 6.08 Å². The number of carbonyl (C=O) groups excluding carboxylic acids is 1. The summed E-state index contributed by atoms with van der Waals surface area (Å²) in [5, 5.41) is 12.0. The molecule has 0 heterocycles. The molecule has 0 aliphatic carbocycles. The summed E-state index contributed by atoms with van der Waals surface area (Å²) in [5.41, 5.74) is 0.771. The fraction of sp³-hybridized carbons (Fsp3) is 0.412. The molecule has 1 rings (SSSR count). The molecule has 0 aromatic heterocycles. The van der Waals surface area contributed by atoms with Crippen LogP contribution in [-0.2, 0) is 4.79 Å². The van der Waals surface area contributed by atoms with E-state index in [1.807, 2.05) is 26.8 Å². The minimum atomic E-state index is -0.370. The average Bonchev–Trinajstić information content (AvgIpc) is 2.52. The highest BCUT2D eigenvalue weighted by Crippen LogP contribution is 2.28. The monoisotopic (exact) mass is 302 g/mol. The van der Waals surface area contributed by atoms with E-state index in [0.717, 1.165) is 6.42 Å². The van der Waals surface area contributed by atoms with Crippen LogP contribution in [0.4, 0.5) is 0 Å². The first-order valence-corrected chi connectivity index (χ1v) is 7.29. The molecule has 0 radical (unpaired) electrons.